The Bertz CT molecular complexity index is 684. The highest BCUT2D eigenvalue weighted by Gasteiger charge is 2.41. The highest BCUT2D eigenvalue weighted by Crippen LogP contribution is 2.44. The van der Waals surface area contributed by atoms with Gasteiger partial charge in [-0.2, -0.15) is 0 Å². The zero-order chi connectivity index (χ0) is 16.5. The minimum absolute atomic E-state index is 0.0241. The maximum atomic E-state index is 11.9. The lowest BCUT2D eigenvalue weighted by molar-refractivity contribution is -0.0354. The van der Waals surface area contributed by atoms with Gasteiger partial charge in [0.15, 0.2) is 0 Å². The van der Waals surface area contributed by atoms with E-state index in [-0.39, 0.29) is 24.5 Å². The van der Waals surface area contributed by atoms with Crippen molar-refractivity contribution in [2.45, 2.75) is 26.2 Å². The van der Waals surface area contributed by atoms with Crippen molar-refractivity contribution >= 4 is 13.9 Å². The molecule has 1 aliphatic heterocycles. The number of H-pyrrole nitrogens is 1. The molecule has 1 fully saturated rings. The molecule has 9 heteroatoms. The van der Waals surface area contributed by atoms with Gasteiger partial charge in [-0.05, 0) is 12.2 Å². The first-order chi connectivity index (χ1) is 10.2. The van der Waals surface area contributed by atoms with E-state index in [4.69, 9.17) is 13.8 Å². The van der Waals surface area contributed by atoms with E-state index in [0.29, 0.717) is 0 Å². The van der Waals surface area contributed by atoms with E-state index in [1.54, 1.807) is 0 Å². The van der Waals surface area contributed by atoms with E-state index in [9.17, 15) is 14.5 Å². The van der Waals surface area contributed by atoms with Crippen LogP contribution in [0.15, 0.2) is 21.9 Å². The van der Waals surface area contributed by atoms with Crippen LogP contribution in [0.2, 0.25) is 0 Å². The maximum absolute atomic E-state index is 11.9. The molecule has 22 heavy (non-hydrogen) atoms. The van der Waals surface area contributed by atoms with Crippen molar-refractivity contribution in [3.8, 4) is 0 Å². The van der Waals surface area contributed by atoms with Crippen LogP contribution in [0.1, 0.15) is 20.1 Å². The topological polar surface area (TPSA) is 103 Å². The zero-order valence-electron chi connectivity index (χ0n) is 12.8. The third-order valence-electron chi connectivity index (χ3n) is 4.03. The molecule has 0 bridgehead atoms. The lowest BCUT2D eigenvalue weighted by Crippen LogP contribution is -2.33. The number of rotatable bonds is 5. The summed E-state index contributed by atoms with van der Waals surface area (Å²) in [5.41, 5.74) is -0.969. The summed E-state index contributed by atoms with van der Waals surface area (Å²) in [5.74, 6) is 0.108. The predicted molar refractivity (Wildman–Crippen MR) is 82.8 cm³/mol. The molecule has 2 rings (SSSR count). The molecule has 5 atom stereocenters. The van der Waals surface area contributed by atoms with E-state index in [1.807, 2.05) is 13.8 Å². The van der Waals surface area contributed by atoms with Crippen LogP contribution in [0.25, 0.3) is 0 Å². The summed E-state index contributed by atoms with van der Waals surface area (Å²) < 4.78 is 17.3. The number of hydrogen-bond acceptors (Lipinski definition) is 6. The van der Waals surface area contributed by atoms with Crippen LogP contribution in [0.3, 0.4) is 0 Å². The fourth-order valence-electron chi connectivity index (χ4n) is 2.41. The van der Waals surface area contributed by atoms with Crippen LogP contribution in [0.4, 0.5) is 0 Å². The smallest absolute Gasteiger partial charge is 0.330 e. The Morgan fingerprint density at radius 2 is 2.14 bits per heavy atom. The standard InChI is InChI=1S/C13H21N2O6P/c1-8-9(2)12(15-6-5-11(16)14-13(15)17)21-10(8)7-20-22(4,18)19-3/h5-6,8-10,12,18H,4,7H2,1-3H3,(H,14,16,17). The number of aromatic nitrogens is 2. The molecule has 8 nitrogen and oxygen atoms in total. The number of aromatic amines is 1. The van der Waals surface area contributed by atoms with E-state index in [0.717, 1.165) is 0 Å². The number of hydrogen-bond donors (Lipinski definition) is 2. The first-order valence-electron chi connectivity index (χ1n) is 6.88. The fraction of sp³-hybridized carbons (Fsp3) is 0.615. The van der Waals surface area contributed by atoms with Gasteiger partial charge in [0.25, 0.3) is 5.56 Å². The van der Waals surface area contributed by atoms with Crippen LogP contribution in [0, 0.1) is 11.8 Å². The Labute approximate surface area is 127 Å². The Morgan fingerprint density at radius 3 is 2.73 bits per heavy atom. The van der Waals surface area contributed by atoms with Crippen molar-refractivity contribution in [3.05, 3.63) is 33.1 Å². The summed E-state index contributed by atoms with van der Waals surface area (Å²) >= 11 is 0. The number of ether oxygens (including phenoxy) is 1. The first kappa shape index (κ1) is 17.2. The molecular weight excluding hydrogens is 311 g/mol. The van der Waals surface area contributed by atoms with Gasteiger partial charge in [0.1, 0.15) is 6.23 Å². The van der Waals surface area contributed by atoms with Crippen molar-refractivity contribution in [3.63, 3.8) is 0 Å². The van der Waals surface area contributed by atoms with Gasteiger partial charge < -0.3 is 18.7 Å². The van der Waals surface area contributed by atoms with Gasteiger partial charge >= 0.3 is 5.69 Å². The molecule has 0 amide bonds. The van der Waals surface area contributed by atoms with Crippen LogP contribution in [0.5, 0.6) is 0 Å². The van der Waals surface area contributed by atoms with Gasteiger partial charge in [0, 0.05) is 25.3 Å². The summed E-state index contributed by atoms with van der Waals surface area (Å²) in [6.45, 7) is 4.04. The quantitative estimate of drug-likeness (QED) is 0.764. The summed E-state index contributed by atoms with van der Waals surface area (Å²) in [6.07, 6.45) is 4.06. The maximum Gasteiger partial charge on any atom is 0.330 e. The Hall–Kier alpha value is -1.18. The predicted octanol–water partition coefficient (Wildman–Crippen LogP) is 0.556. The SMILES string of the molecule is C=P(O)(OC)OCC1OC(n2ccc(=O)[nH]c2=O)C(C)C1C. The third-order valence-corrected chi connectivity index (χ3v) is 5.15. The molecule has 5 unspecified atom stereocenters. The van der Waals surface area contributed by atoms with Crippen molar-refractivity contribution in [1.82, 2.24) is 9.55 Å². The lowest BCUT2D eigenvalue weighted by Gasteiger charge is -2.20. The van der Waals surface area contributed by atoms with Crippen molar-refractivity contribution < 1.29 is 18.7 Å². The van der Waals surface area contributed by atoms with E-state index in [2.05, 4.69) is 11.3 Å². The second kappa shape index (κ2) is 6.52. The van der Waals surface area contributed by atoms with Gasteiger partial charge in [-0.15, -0.1) is 0 Å². The van der Waals surface area contributed by atoms with E-state index in [1.165, 1.54) is 23.9 Å². The summed E-state index contributed by atoms with van der Waals surface area (Å²) in [6, 6.07) is 1.27. The molecule has 1 saturated heterocycles. The fourth-order valence-corrected chi connectivity index (χ4v) is 2.89. The number of nitrogens with one attached hydrogen (secondary N) is 1. The molecule has 0 aliphatic carbocycles. The van der Waals surface area contributed by atoms with Crippen LogP contribution < -0.4 is 11.2 Å². The minimum Gasteiger partial charge on any atom is -0.352 e. The molecule has 0 saturated carbocycles. The van der Waals surface area contributed by atoms with Gasteiger partial charge in [-0.25, -0.2) is 4.79 Å². The summed E-state index contributed by atoms with van der Waals surface area (Å²) in [7, 11) is -1.75. The van der Waals surface area contributed by atoms with Crippen LogP contribution in [-0.2, 0) is 13.8 Å². The molecule has 1 aliphatic rings. The monoisotopic (exact) mass is 332 g/mol. The molecule has 124 valence electrons. The molecule has 2 heterocycles. The highest BCUT2D eigenvalue weighted by atomic mass is 31.2. The van der Waals surface area contributed by atoms with Gasteiger partial charge in [-0.3, -0.25) is 14.3 Å². The molecular formula is C13H21N2O6P. The third kappa shape index (κ3) is 3.59. The van der Waals surface area contributed by atoms with Gasteiger partial charge in [-0.1, -0.05) is 13.8 Å². The average molecular weight is 332 g/mol. The Balaban J connectivity index is 2.15. The Kier molecular flexibility index (Phi) is 5.09. The largest absolute Gasteiger partial charge is 0.352 e. The molecule has 0 spiro atoms. The lowest BCUT2D eigenvalue weighted by atomic mass is 9.93. The zero-order valence-corrected chi connectivity index (χ0v) is 13.7. The molecule has 0 aromatic carbocycles. The number of nitrogens with zero attached hydrogens (tertiary/aromatic N) is 1. The van der Waals surface area contributed by atoms with Crippen LogP contribution >= 0.6 is 7.57 Å². The molecule has 1 aromatic heterocycles. The normalized spacial score (nSPS) is 31.1. The van der Waals surface area contributed by atoms with Crippen LogP contribution in [-0.4, -0.2) is 40.6 Å². The minimum atomic E-state index is -3.08. The van der Waals surface area contributed by atoms with Gasteiger partial charge in [0.05, 0.1) is 12.7 Å². The second-order valence-corrected chi connectivity index (χ2v) is 7.31. The average Bonchev–Trinajstić information content (AvgIpc) is 2.73. The van der Waals surface area contributed by atoms with Crippen molar-refractivity contribution in [1.29, 1.82) is 0 Å². The van der Waals surface area contributed by atoms with Crippen molar-refractivity contribution in [2.24, 2.45) is 11.8 Å². The first-order valence-corrected chi connectivity index (χ1v) is 8.65. The van der Waals surface area contributed by atoms with Crippen molar-refractivity contribution in [2.75, 3.05) is 13.7 Å². The highest BCUT2D eigenvalue weighted by molar-refractivity contribution is 7.58. The Morgan fingerprint density at radius 1 is 1.45 bits per heavy atom. The molecule has 2 N–H and O–H groups in total. The summed E-state index contributed by atoms with van der Waals surface area (Å²) in [5, 5.41) is 0. The second-order valence-electron chi connectivity index (χ2n) is 5.42. The van der Waals surface area contributed by atoms with Gasteiger partial charge in [0.2, 0.25) is 7.57 Å². The molecule has 1 aromatic rings. The summed E-state index contributed by atoms with van der Waals surface area (Å²) in [4.78, 5) is 34.9. The van der Waals surface area contributed by atoms with E-state index >= 15 is 0 Å². The molecule has 0 radical (unpaired) electrons. The van der Waals surface area contributed by atoms with E-state index < -0.39 is 25.0 Å².